The maximum absolute atomic E-state index is 13.3. The van der Waals surface area contributed by atoms with E-state index in [4.69, 9.17) is 9.47 Å². The van der Waals surface area contributed by atoms with Crippen molar-refractivity contribution in [2.24, 2.45) is 0 Å². The molecule has 0 N–H and O–H groups in total. The summed E-state index contributed by atoms with van der Waals surface area (Å²) in [5, 5.41) is 0. The second kappa shape index (κ2) is 6.47. The summed E-state index contributed by atoms with van der Waals surface area (Å²) in [7, 11) is 0. The van der Waals surface area contributed by atoms with Crippen LogP contribution in [0.4, 0.5) is 4.39 Å². The van der Waals surface area contributed by atoms with Crippen LogP contribution in [0.25, 0.3) is 0 Å². The number of nitrogens with zero attached hydrogens (tertiary/aromatic N) is 1. The van der Waals surface area contributed by atoms with Crippen molar-refractivity contribution in [2.45, 2.75) is 13.0 Å². The van der Waals surface area contributed by atoms with Crippen LogP contribution in [0.5, 0.6) is 5.75 Å². The molecule has 108 valence electrons. The zero-order chi connectivity index (χ0) is 14.5. The summed E-state index contributed by atoms with van der Waals surface area (Å²) in [6, 6.07) is 3.66. The predicted octanol–water partition coefficient (Wildman–Crippen LogP) is 1.26. The van der Waals surface area contributed by atoms with Gasteiger partial charge in [-0.05, 0) is 19.1 Å². The summed E-state index contributed by atoms with van der Waals surface area (Å²) in [4.78, 5) is 24.4. The van der Waals surface area contributed by atoms with Gasteiger partial charge in [-0.15, -0.1) is 0 Å². The molecule has 1 aromatic carbocycles. The molecular formula is C14H16FNO4. The molecule has 1 aliphatic rings. The summed E-state index contributed by atoms with van der Waals surface area (Å²) in [6.45, 7) is 3.66. The first-order valence-corrected chi connectivity index (χ1v) is 6.39. The summed E-state index contributed by atoms with van der Waals surface area (Å²) in [5.74, 6) is -0.581. The number of carbonyl (C=O) groups excluding carboxylic acids is 2. The Morgan fingerprint density at radius 2 is 2.10 bits per heavy atom. The van der Waals surface area contributed by atoms with Gasteiger partial charge in [0.2, 0.25) is 0 Å². The van der Waals surface area contributed by atoms with Crippen molar-refractivity contribution in [2.75, 3.05) is 26.3 Å². The first-order chi connectivity index (χ1) is 9.60. The number of ether oxygens (including phenoxy) is 2. The van der Waals surface area contributed by atoms with Gasteiger partial charge < -0.3 is 14.4 Å². The number of aldehydes is 1. The maximum atomic E-state index is 13.3. The van der Waals surface area contributed by atoms with Gasteiger partial charge in [-0.2, -0.15) is 0 Å². The van der Waals surface area contributed by atoms with E-state index in [0.717, 1.165) is 12.1 Å². The Kier molecular flexibility index (Phi) is 4.68. The Morgan fingerprint density at radius 1 is 1.40 bits per heavy atom. The van der Waals surface area contributed by atoms with Crippen molar-refractivity contribution in [1.29, 1.82) is 0 Å². The van der Waals surface area contributed by atoms with Gasteiger partial charge in [0.1, 0.15) is 17.9 Å². The molecule has 0 radical (unpaired) electrons. The SMILES string of the molecule is CC(Oc1cc(F)cc(C=O)c1)C(=O)N1CCOCC1. The molecule has 0 bridgehead atoms. The number of rotatable bonds is 4. The van der Waals surface area contributed by atoms with Crippen molar-refractivity contribution in [1.82, 2.24) is 4.90 Å². The molecule has 0 saturated carbocycles. The molecule has 1 heterocycles. The van der Waals surface area contributed by atoms with E-state index in [9.17, 15) is 14.0 Å². The summed E-state index contributed by atoms with van der Waals surface area (Å²) in [5.41, 5.74) is 0.172. The molecule has 0 spiro atoms. The summed E-state index contributed by atoms with van der Waals surface area (Å²) < 4.78 is 23.9. The third kappa shape index (κ3) is 3.54. The quantitative estimate of drug-likeness (QED) is 0.780. The van der Waals surface area contributed by atoms with E-state index in [2.05, 4.69) is 0 Å². The van der Waals surface area contributed by atoms with Gasteiger partial charge in [-0.1, -0.05) is 0 Å². The minimum Gasteiger partial charge on any atom is -0.481 e. The van der Waals surface area contributed by atoms with Crippen LogP contribution in [0.15, 0.2) is 18.2 Å². The lowest BCUT2D eigenvalue weighted by Crippen LogP contribution is -2.46. The largest absolute Gasteiger partial charge is 0.481 e. The molecule has 2 rings (SSSR count). The lowest BCUT2D eigenvalue weighted by Gasteiger charge is -2.29. The zero-order valence-corrected chi connectivity index (χ0v) is 11.2. The molecule has 5 nitrogen and oxygen atoms in total. The smallest absolute Gasteiger partial charge is 0.263 e. The van der Waals surface area contributed by atoms with E-state index >= 15 is 0 Å². The minimum atomic E-state index is -0.741. The van der Waals surface area contributed by atoms with Crippen LogP contribution in [0, 0.1) is 5.82 Å². The molecule has 1 saturated heterocycles. The lowest BCUT2D eigenvalue weighted by atomic mass is 10.2. The fourth-order valence-corrected chi connectivity index (χ4v) is 2.02. The fourth-order valence-electron chi connectivity index (χ4n) is 2.02. The van der Waals surface area contributed by atoms with Gasteiger partial charge in [0.05, 0.1) is 13.2 Å². The van der Waals surface area contributed by atoms with Gasteiger partial charge in [-0.3, -0.25) is 9.59 Å². The Balaban J connectivity index is 2.03. The third-order valence-corrected chi connectivity index (χ3v) is 3.01. The van der Waals surface area contributed by atoms with Gasteiger partial charge in [0.15, 0.2) is 6.10 Å². The highest BCUT2D eigenvalue weighted by molar-refractivity contribution is 5.81. The number of benzene rings is 1. The van der Waals surface area contributed by atoms with Crippen molar-refractivity contribution >= 4 is 12.2 Å². The lowest BCUT2D eigenvalue weighted by molar-refractivity contribution is -0.142. The summed E-state index contributed by atoms with van der Waals surface area (Å²) in [6.07, 6.45) is -0.209. The van der Waals surface area contributed by atoms with E-state index in [1.165, 1.54) is 6.07 Å². The first-order valence-electron chi connectivity index (χ1n) is 6.39. The van der Waals surface area contributed by atoms with E-state index in [1.54, 1.807) is 11.8 Å². The van der Waals surface area contributed by atoms with Gasteiger partial charge in [-0.25, -0.2) is 4.39 Å². The molecule has 1 unspecified atom stereocenters. The first kappa shape index (κ1) is 14.5. The standard InChI is InChI=1S/C14H16FNO4/c1-10(14(18)16-2-4-19-5-3-16)20-13-7-11(9-17)6-12(15)8-13/h6-10H,2-5H2,1H3. The van der Waals surface area contributed by atoms with Crippen LogP contribution < -0.4 is 4.74 Å². The van der Waals surface area contributed by atoms with Crippen LogP contribution in [0.1, 0.15) is 17.3 Å². The predicted molar refractivity (Wildman–Crippen MR) is 69.3 cm³/mol. The Bertz CT molecular complexity index is 500. The molecule has 1 fully saturated rings. The maximum Gasteiger partial charge on any atom is 0.263 e. The highest BCUT2D eigenvalue weighted by Crippen LogP contribution is 2.17. The van der Waals surface area contributed by atoms with Gasteiger partial charge in [0.25, 0.3) is 5.91 Å². The molecule has 0 aliphatic carbocycles. The van der Waals surface area contributed by atoms with Crippen LogP contribution in [-0.2, 0) is 9.53 Å². The number of morpholine rings is 1. The fraction of sp³-hybridized carbons (Fsp3) is 0.429. The highest BCUT2D eigenvalue weighted by Gasteiger charge is 2.23. The topological polar surface area (TPSA) is 55.8 Å². The van der Waals surface area contributed by atoms with Gasteiger partial charge in [0, 0.05) is 24.7 Å². The van der Waals surface area contributed by atoms with Crippen LogP contribution >= 0.6 is 0 Å². The normalized spacial score (nSPS) is 16.6. The number of hydrogen-bond acceptors (Lipinski definition) is 4. The Morgan fingerprint density at radius 3 is 2.75 bits per heavy atom. The molecular weight excluding hydrogens is 265 g/mol. The van der Waals surface area contributed by atoms with E-state index in [-0.39, 0.29) is 17.2 Å². The van der Waals surface area contributed by atoms with Gasteiger partial charge >= 0.3 is 0 Å². The number of halogens is 1. The average Bonchev–Trinajstić information content (AvgIpc) is 2.46. The Hall–Kier alpha value is -1.95. The number of carbonyl (C=O) groups is 2. The van der Waals surface area contributed by atoms with Crippen molar-refractivity contribution in [3.05, 3.63) is 29.6 Å². The monoisotopic (exact) mass is 281 g/mol. The van der Waals surface area contributed by atoms with E-state index in [1.807, 2.05) is 0 Å². The van der Waals surface area contributed by atoms with Crippen molar-refractivity contribution in [3.63, 3.8) is 0 Å². The zero-order valence-electron chi connectivity index (χ0n) is 11.2. The number of hydrogen-bond donors (Lipinski definition) is 0. The van der Waals surface area contributed by atoms with Crippen molar-refractivity contribution < 1.29 is 23.5 Å². The third-order valence-electron chi connectivity index (χ3n) is 3.01. The molecule has 1 amide bonds. The molecule has 1 atom stereocenters. The average molecular weight is 281 g/mol. The Labute approximate surface area is 116 Å². The minimum absolute atomic E-state index is 0.168. The van der Waals surface area contributed by atoms with Crippen LogP contribution in [-0.4, -0.2) is 49.5 Å². The molecule has 20 heavy (non-hydrogen) atoms. The number of amides is 1. The summed E-state index contributed by atoms with van der Waals surface area (Å²) >= 11 is 0. The second-order valence-corrected chi connectivity index (χ2v) is 4.54. The van der Waals surface area contributed by atoms with E-state index < -0.39 is 11.9 Å². The van der Waals surface area contributed by atoms with Crippen LogP contribution in [0.2, 0.25) is 0 Å². The highest BCUT2D eigenvalue weighted by atomic mass is 19.1. The molecule has 1 aliphatic heterocycles. The second-order valence-electron chi connectivity index (χ2n) is 4.54. The van der Waals surface area contributed by atoms with E-state index in [0.29, 0.717) is 32.6 Å². The molecule has 1 aromatic rings. The van der Waals surface area contributed by atoms with Crippen LogP contribution in [0.3, 0.4) is 0 Å². The van der Waals surface area contributed by atoms with Crippen molar-refractivity contribution in [3.8, 4) is 5.75 Å². The molecule has 6 heteroatoms. The molecule has 0 aromatic heterocycles.